The molecule has 0 bridgehead atoms. The Labute approximate surface area is 114 Å². The van der Waals surface area contributed by atoms with Crippen LogP contribution in [0.4, 0.5) is 0 Å². The highest BCUT2D eigenvalue weighted by Gasteiger charge is 2.04. The fraction of sp³-hybridized carbons (Fsp3) is 0.615. The molecule has 0 aliphatic carbocycles. The van der Waals surface area contributed by atoms with Gasteiger partial charge in [-0.2, -0.15) is 0 Å². The van der Waals surface area contributed by atoms with Gasteiger partial charge in [0.1, 0.15) is 6.61 Å². The van der Waals surface area contributed by atoms with Gasteiger partial charge in [0.15, 0.2) is 0 Å². The van der Waals surface area contributed by atoms with Gasteiger partial charge in [-0.15, -0.1) is 0 Å². The van der Waals surface area contributed by atoms with E-state index in [-0.39, 0.29) is 0 Å². The fourth-order valence-electron chi connectivity index (χ4n) is 1.68. The predicted octanol–water partition coefficient (Wildman–Crippen LogP) is 2.17. The maximum Gasteiger partial charge on any atom is 0.213 e. The fourth-order valence-corrected chi connectivity index (χ4v) is 1.85. The van der Waals surface area contributed by atoms with Gasteiger partial charge in [-0.1, -0.05) is 25.4 Å². The number of nitrogens with zero attached hydrogens (tertiary/aromatic N) is 2. The first-order valence-corrected chi connectivity index (χ1v) is 6.73. The molecule has 4 nitrogen and oxygen atoms in total. The SMILES string of the molecule is CCN(CC)CCOc1cc(CNC)c(Cl)cn1. The van der Waals surface area contributed by atoms with Crippen LogP contribution in [0.3, 0.4) is 0 Å². The van der Waals surface area contributed by atoms with E-state index >= 15 is 0 Å². The third kappa shape index (κ3) is 4.80. The van der Waals surface area contributed by atoms with Crippen LogP contribution in [0.5, 0.6) is 5.88 Å². The van der Waals surface area contributed by atoms with Crippen LogP contribution in [0.1, 0.15) is 19.4 Å². The highest BCUT2D eigenvalue weighted by molar-refractivity contribution is 6.31. The molecule has 1 aromatic heterocycles. The monoisotopic (exact) mass is 271 g/mol. The topological polar surface area (TPSA) is 37.4 Å². The number of rotatable bonds is 8. The number of hydrogen-bond acceptors (Lipinski definition) is 4. The van der Waals surface area contributed by atoms with Gasteiger partial charge < -0.3 is 15.0 Å². The number of ether oxygens (including phenoxy) is 1. The Kier molecular flexibility index (Phi) is 7.01. The summed E-state index contributed by atoms with van der Waals surface area (Å²) in [6.07, 6.45) is 1.64. The van der Waals surface area contributed by atoms with Crippen molar-refractivity contribution in [1.82, 2.24) is 15.2 Å². The first kappa shape index (κ1) is 15.2. The van der Waals surface area contributed by atoms with Crippen molar-refractivity contribution in [3.05, 3.63) is 22.8 Å². The van der Waals surface area contributed by atoms with Crippen molar-refractivity contribution in [2.45, 2.75) is 20.4 Å². The Morgan fingerprint density at radius 2 is 2.11 bits per heavy atom. The third-order valence-electron chi connectivity index (χ3n) is 2.83. The lowest BCUT2D eigenvalue weighted by atomic mass is 10.2. The molecule has 0 aliphatic heterocycles. The molecule has 0 radical (unpaired) electrons. The van der Waals surface area contributed by atoms with E-state index in [4.69, 9.17) is 16.3 Å². The molecule has 1 heterocycles. The van der Waals surface area contributed by atoms with E-state index in [0.29, 0.717) is 24.1 Å². The molecule has 1 rings (SSSR count). The second kappa shape index (κ2) is 8.29. The van der Waals surface area contributed by atoms with Crippen molar-refractivity contribution in [3.63, 3.8) is 0 Å². The zero-order valence-corrected chi connectivity index (χ0v) is 12.1. The van der Waals surface area contributed by atoms with Crippen molar-refractivity contribution in [3.8, 4) is 5.88 Å². The van der Waals surface area contributed by atoms with Gasteiger partial charge in [-0.3, -0.25) is 0 Å². The number of nitrogens with one attached hydrogen (secondary N) is 1. The van der Waals surface area contributed by atoms with E-state index in [9.17, 15) is 0 Å². The zero-order valence-electron chi connectivity index (χ0n) is 11.4. The third-order valence-corrected chi connectivity index (χ3v) is 3.17. The smallest absolute Gasteiger partial charge is 0.213 e. The van der Waals surface area contributed by atoms with Crippen LogP contribution in [0.2, 0.25) is 5.02 Å². The van der Waals surface area contributed by atoms with Crippen LogP contribution in [-0.4, -0.2) is 43.2 Å². The number of halogens is 1. The van der Waals surface area contributed by atoms with Gasteiger partial charge >= 0.3 is 0 Å². The lowest BCUT2D eigenvalue weighted by molar-refractivity contribution is 0.218. The minimum absolute atomic E-state index is 0.636. The summed E-state index contributed by atoms with van der Waals surface area (Å²) in [6.45, 7) is 8.66. The molecule has 1 N–H and O–H groups in total. The van der Waals surface area contributed by atoms with Crippen molar-refractivity contribution in [1.29, 1.82) is 0 Å². The first-order chi connectivity index (χ1) is 8.71. The predicted molar refractivity (Wildman–Crippen MR) is 75.3 cm³/mol. The number of likely N-dealkylation sites (N-methyl/N-ethyl adjacent to an activating group) is 1. The maximum absolute atomic E-state index is 6.04. The van der Waals surface area contributed by atoms with E-state index < -0.39 is 0 Å². The first-order valence-electron chi connectivity index (χ1n) is 6.35. The van der Waals surface area contributed by atoms with Gasteiger partial charge in [-0.05, 0) is 25.7 Å². The molecule has 0 unspecified atom stereocenters. The Morgan fingerprint density at radius 1 is 1.39 bits per heavy atom. The zero-order chi connectivity index (χ0) is 13.4. The molecule has 102 valence electrons. The summed E-state index contributed by atoms with van der Waals surface area (Å²) < 4.78 is 5.64. The van der Waals surface area contributed by atoms with Gasteiger partial charge in [0.2, 0.25) is 5.88 Å². The second-order valence-corrected chi connectivity index (χ2v) is 4.43. The van der Waals surface area contributed by atoms with Crippen LogP contribution >= 0.6 is 11.6 Å². The number of aromatic nitrogens is 1. The van der Waals surface area contributed by atoms with Crippen molar-refractivity contribution >= 4 is 11.6 Å². The average Bonchev–Trinajstić information content (AvgIpc) is 2.38. The molecule has 0 saturated heterocycles. The summed E-state index contributed by atoms with van der Waals surface area (Å²) in [6, 6.07) is 1.89. The van der Waals surface area contributed by atoms with Crippen LogP contribution in [-0.2, 0) is 6.54 Å². The van der Waals surface area contributed by atoms with Crippen LogP contribution < -0.4 is 10.1 Å². The van der Waals surface area contributed by atoms with Gasteiger partial charge in [0.25, 0.3) is 0 Å². The van der Waals surface area contributed by atoms with E-state index in [1.165, 1.54) is 0 Å². The molecular weight excluding hydrogens is 250 g/mol. The van der Waals surface area contributed by atoms with Crippen LogP contribution in [0.25, 0.3) is 0 Å². The molecular formula is C13H22ClN3O. The summed E-state index contributed by atoms with van der Waals surface area (Å²) in [7, 11) is 1.89. The lowest BCUT2D eigenvalue weighted by Gasteiger charge is -2.17. The summed E-state index contributed by atoms with van der Waals surface area (Å²) >= 11 is 6.04. The Bertz CT molecular complexity index is 356. The molecule has 0 spiro atoms. The van der Waals surface area contributed by atoms with Crippen molar-refractivity contribution < 1.29 is 4.74 Å². The Morgan fingerprint density at radius 3 is 2.72 bits per heavy atom. The molecule has 1 aromatic rings. The molecule has 0 aliphatic rings. The number of pyridine rings is 1. The highest BCUT2D eigenvalue weighted by Crippen LogP contribution is 2.19. The average molecular weight is 272 g/mol. The van der Waals surface area contributed by atoms with Crippen LogP contribution in [0, 0.1) is 0 Å². The summed E-state index contributed by atoms with van der Waals surface area (Å²) in [5.74, 6) is 0.636. The molecule has 0 fully saturated rings. The minimum atomic E-state index is 0.636. The number of hydrogen-bond donors (Lipinski definition) is 1. The largest absolute Gasteiger partial charge is 0.476 e. The normalized spacial score (nSPS) is 10.9. The van der Waals surface area contributed by atoms with E-state index in [1.807, 2.05) is 13.1 Å². The van der Waals surface area contributed by atoms with E-state index in [0.717, 1.165) is 25.2 Å². The minimum Gasteiger partial charge on any atom is -0.476 e. The van der Waals surface area contributed by atoms with Gasteiger partial charge in [-0.25, -0.2) is 4.98 Å². The molecule has 18 heavy (non-hydrogen) atoms. The maximum atomic E-state index is 6.04. The molecule has 0 amide bonds. The van der Waals surface area contributed by atoms with E-state index in [1.54, 1.807) is 6.20 Å². The van der Waals surface area contributed by atoms with Gasteiger partial charge in [0, 0.05) is 25.4 Å². The Hall–Kier alpha value is -0.840. The van der Waals surface area contributed by atoms with Crippen LogP contribution in [0.15, 0.2) is 12.3 Å². The second-order valence-electron chi connectivity index (χ2n) is 4.02. The highest BCUT2D eigenvalue weighted by atomic mass is 35.5. The molecule has 0 saturated carbocycles. The quantitative estimate of drug-likeness (QED) is 0.786. The molecule has 0 aromatic carbocycles. The van der Waals surface area contributed by atoms with Crippen molar-refractivity contribution in [2.24, 2.45) is 0 Å². The van der Waals surface area contributed by atoms with Crippen molar-refractivity contribution in [2.75, 3.05) is 33.3 Å². The summed E-state index contributed by atoms with van der Waals surface area (Å²) in [5.41, 5.74) is 1.01. The van der Waals surface area contributed by atoms with E-state index in [2.05, 4.69) is 29.0 Å². The molecule has 5 heteroatoms. The standard InChI is InChI=1S/C13H22ClN3O/c1-4-17(5-2)6-7-18-13-8-11(9-15-3)12(14)10-16-13/h8,10,15H,4-7,9H2,1-3H3. The van der Waals surface area contributed by atoms with Gasteiger partial charge in [0.05, 0.1) is 5.02 Å². The lowest BCUT2D eigenvalue weighted by Crippen LogP contribution is -2.28. The summed E-state index contributed by atoms with van der Waals surface area (Å²) in [4.78, 5) is 6.48. The molecule has 0 atom stereocenters. The Balaban J connectivity index is 2.49. The summed E-state index contributed by atoms with van der Waals surface area (Å²) in [5, 5.41) is 3.74.